The van der Waals surface area contributed by atoms with Gasteiger partial charge in [0.15, 0.2) is 0 Å². The molecular formula is C10H22N2O. The molecule has 0 heterocycles. The van der Waals surface area contributed by atoms with E-state index in [0.29, 0.717) is 5.92 Å². The van der Waals surface area contributed by atoms with E-state index in [-0.39, 0.29) is 11.4 Å². The van der Waals surface area contributed by atoms with E-state index in [1.165, 1.54) is 0 Å². The summed E-state index contributed by atoms with van der Waals surface area (Å²) in [5.41, 5.74) is 0.158. The van der Waals surface area contributed by atoms with Crippen LogP contribution in [0.1, 0.15) is 27.7 Å². The lowest BCUT2D eigenvalue weighted by Gasteiger charge is -2.29. The van der Waals surface area contributed by atoms with E-state index in [1.54, 1.807) is 19.0 Å². The van der Waals surface area contributed by atoms with Crippen molar-refractivity contribution in [3.05, 3.63) is 0 Å². The zero-order chi connectivity index (χ0) is 10.6. The molecule has 0 spiro atoms. The first-order chi connectivity index (χ1) is 5.77. The fourth-order valence-corrected chi connectivity index (χ4v) is 0.666. The molecule has 0 aromatic rings. The maximum atomic E-state index is 11.2. The largest absolute Gasteiger partial charge is 0.337 e. The molecule has 0 aromatic carbocycles. The normalized spacial score (nSPS) is 11.6. The van der Waals surface area contributed by atoms with E-state index in [9.17, 15) is 4.79 Å². The van der Waals surface area contributed by atoms with Gasteiger partial charge in [-0.05, 0) is 11.3 Å². The molecule has 0 atom stereocenters. The number of hydrogen-bond acceptors (Lipinski definition) is 1. The van der Waals surface area contributed by atoms with Gasteiger partial charge in [-0.15, -0.1) is 0 Å². The van der Waals surface area contributed by atoms with Gasteiger partial charge in [-0.3, -0.25) is 0 Å². The van der Waals surface area contributed by atoms with Crippen LogP contribution in [-0.4, -0.2) is 31.6 Å². The Morgan fingerprint density at radius 2 is 1.85 bits per heavy atom. The Hall–Kier alpha value is -0.730. The maximum Gasteiger partial charge on any atom is 0.316 e. The molecule has 0 aromatic heterocycles. The predicted octanol–water partition coefficient (Wildman–Crippen LogP) is 1.94. The van der Waals surface area contributed by atoms with E-state index in [4.69, 9.17) is 0 Å². The molecule has 0 bridgehead atoms. The summed E-state index contributed by atoms with van der Waals surface area (Å²) in [7, 11) is 3.50. The number of carbonyl (C=O) groups is 1. The maximum absolute atomic E-state index is 11.2. The van der Waals surface area contributed by atoms with Crippen molar-refractivity contribution < 1.29 is 4.79 Å². The molecule has 0 rings (SSSR count). The number of rotatable bonds is 3. The average molecular weight is 186 g/mol. The molecule has 0 unspecified atom stereocenters. The number of urea groups is 1. The molecule has 2 amide bonds. The summed E-state index contributed by atoms with van der Waals surface area (Å²) in [6.45, 7) is 9.38. The van der Waals surface area contributed by atoms with Crippen LogP contribution in [0, 0.1) is 11.3 Å². The second-order valence-electron chi connectivity index (χ2n) is 4.70. The van der Waals surface area contributed by atoms with E-state index >= 15 is 0 Å². The SMILES string of the molecule is CC(C)C(C)(C)CNC(=O)N(C)C. The van der Waals surface area contributed by atoms with Crippen LogP contribution in [0.2, 0.25) is 0 Å². The Morgan fingerprint density at radius 1 is 1.38 bits per heavy atom. The first-order valence-corrected chi connectivity index (χ1v) is 4.72. The molecule has 3 heteroatoms. The quantitative estimate of drug-likeness (QED) is 0.717. The third kappa shape index (κ3) is 4.15. The summed E-state index contributed by atoms with van der Waals surface area (Å²) in [4.78, 5) is 12.8. The van der Waals surface area contributed by atoms with Crippen LogP contribution < -0.4 is 5.32 Å². The van der Waals surface area contributed by atoms with Crippen LogP contribution in [0.25, 0.3) is 0 Å². The summed E-state index contributed by atoms with van der Waals surface area (Å²) in [5.74, 6) is 0.565. The highest BCUT2D eigenvalue weighted by Gasteiger charge is 2.22. The minimum absolute atomic E-state index is 0.0197. The minimum Gasteiger partial charge on any atom is -0.337 e. The molecule has 0 saturated carbocycles. The van der Waals surface area contributed by atoms with Gasteiger partial charge in [-0.1, -0.05) is 27.7 Å². The van der Waals surface area contributed by atoms with E-state index in [2.05, 4.69) is 33.0 Å². The lowest BCUT2D eigenvalue weighted by atomic mass is 9.81. The highest BCUT2D eigenvalue weighted by atomic mass is 16.2. The Morgan fingerprint density at radius 3 is 2.15 bits per heavy atom. The average Bonchev–Trinajstić information content (AvgIpc) is 1.99. The van der Waals surface area contributed by atoms with Gasteiger partial charge in [-0.2, -0.15) is 0 Å². The number of nitrogens with one attached hydrogen (secondary N) is 1. The molecular weight excluding hydrogens is 164 g/mol. The van der Waals surface area contributed by atoms with Crippen LogP contribution in [-0.2, 0) is 0 Å². The van der Waals surface area contributed by atoms with Gasteiger partial charge in [0, 0.05) is 20.6 Å². The molecule has 0 saturated heterocycles. The van der Waals surface area contributed by atoms with Gasteiger partial charge in [0.05, 0.1) is 0 Å². The molecule has 0 fully saturated rings. The molecule has 78 valence electrons. The summed E-state index contributed by atoms with van der Waals surface area (Å²) in [6.07, 6.45) is 0. The Bertz CT molecular complexity index is 174. The highest BCUT2D eigenvalue weighted by molar-refractivity contribution is 5.73. The Labute approximate surface area is 81.5 Å². The van der Waals surface area contributed by atoms with Gasteiger partial charge >= 0.3 is 6.03 Å². The smallest absolute Gasteiger partial charge is 0.316 e. The predicted molar refractivity (Wildman–Crippen MR) is 55.7 cm³/mol. The molecule has 0 aliphatic rings. The standard InChI is InChI=1S/C10H22N2O/c1-8(2)10(3,4)7-11-9(13)12(5)6/h8H,7H2,1-6H3,(H,11,13). The monoisotopic (exact) mass is 186 g/mol. The molecule has 0 aliphatic heterocycles. The molecule has 1 N–H and O–H groups in total. The van der Waals surface area contributed by atoms with Gasteiger partial charge in [0.25, 0.3) is 0 Å². The third-order valence-electron chi connectivity index (χ3n) is 2.66. The van der Waals surface area contributed by atoms with Crippen LogP contribution in [0.5, 0.6) is 0 Å². The highest BCUT2D eigenvalue weighted by Crippen LogP contribution is 2.24. The van der Waals surface area contributed by atoms with Crippen molar-refractivity contribution in [3.63, 3.8) is 0 Å². The number of carbonyl (C=O) groups excluding carboxylic acids is 1. The van der Waals surface area contributed by atoms with Crippen LogP contribution in [0.4, 0.5) is 4.79 Å². The fraction of sp³-hybridized carbons (Fsp3) is 0.900. The summed E-state index contributed by atoms with van der Waals surface area (Å²) < 4.78 is 0. The van der Waals surface area contributed by atoms with Crippen LogP contribution >= 0.6 is 0 Å². The Kier molecular flexibility index (Phi) is 4.24. The van der Waals surface area contributed by atoms with Crippen molar-refractivity contribution in [1.29, 1.82) is 0 Å². The summed E-state index contributed by atoms with van der Waals surface area (Å²) in [5, 5.41) is 2.89. The Balaban J connectivity index is 3.95. The zero-order valence-corrected chi connectivity index (χ0v) is 9.64. The van der Waals surface area contributed by atoms with Crippen LogP contribution in [0.15, 0.2) is 0 Å². The second-order valence-corrected chi connectivity index (χ2v) is 4.70. The molecule has 13 heavy (non-hydrogen) atoms. The summed E-state index contributed by atoms with van der Waals surface area (Å²) in [6, 6.07) is -0.0197. The van der Waals surface area contributed by atoms with Gasteiger partial charge in [0.1, 0.15) is 0 Å². The first-order valence-electron chi connectivity index (χ1n) is 4.72. The third-order valence-corrected chi connectivity index (χ3v) is 2.66. The van der Waals surface area contributed by atoms with Gasteiger partial charge in [-0.25, -0.2) is 4.79 Å². The lowest BCUT2D eigenvalue weighted by molar-refractivity contribution is 0.198. The second kappa shape index (κ2) is 4.49. The molecule has 3 nitrogen and oxygen atoms in total. The van der Waals surface area contributed by atoms with Crippen molar-refractivity contribution in [2.24, 2.45) is 11.3 Å². The van der Waals surface area contributed by atoms with E-state index in [0.717, 1.165) is 6.54 Å². The van der Waals surface area contributed by atoms with E-state index < -0.39 is 0 Å². The van der Waals surface area contributed by atoms with Crippen molar-refractivity contribution in [2.75, 3.05) is 20.6 Å². The topological polar surface area (TPSA) is 32.3 Å². The first kappa shape index (κ1) is 12.3. The number of hydrogen-bond donors (Lipinski definition) is 1. The van der Waals surface area contributed by atoms with Crippen molar-refractivity contribution in [3.8, 4) is 0 Å². The van der Waals surface area contributed by atoms with Crippen molar-refractivity contribution >= 4 is 6.03 Å². The lowest BCUT2D eigenvalue weighted by Crippen LogP contribution is -2.41. The fourth-order valence-electron chi connectivity index (χ4n) is 0.666. The molecule has 0 radical (unpaired) electrons. The molecule has 0 aliphatic carbocycles. The minimum atomic E-state index is -0.0197. The van der Waals surface area contributed by atoms with Crippen molar-refractivity contribution in [1.82, 2.24) is 10.2 Å². The van der Waals surface area contributed by atoms with Gasteiger partial charge in [0.2, 0.25) is 0 Å². The van der Waals surface area contributed by atoms with E-state index in [1.807, 2.05) is 0 Å². The summed E-state index contributed by atoms with van der Waals surface area (Å²) >= 11 is 0. The van der Waals surface area contributed by atoms with Crippen molar-refractivity contribution in [2.45, 2.75) is 27.7 Å². The number of nitrogens with zero attached hydrogens (tertiary/aromatic N) is 1. The zero-order valence-electron chi connectivity index (χ0n) is 9.64. The van der Waals surface area contributed by atoms with Gasteiger partial charge < -0.3 is 10.2 Å². The number of amides is 2. The van der Waals surface area contributed by atoms with Crippen LogP contribution in [0.3, 0.4) is 0 Å².